The third-order valence-corrected chi connectivity index (χ3v) is 2.96. The topological polar surface area (TPSA) is 38.7 Å². The standard InChI is InChI=1S/C12H16O3/c1-14-11-5-9(6-12(7-11)15-2)8-3-10(13)4-8/h5-8,10,13H,3-4H2,1-2H3. The van der Waals surface area contributed by atoms with Crippen molar-refractivity contribution in [1.82, 2.24) is 0 Å². The molecule has 0 heterocycles. The maximum atomic E-state index is 9.27. The Morgan fingerprint density at radius 3 is 2.00 bits per heavy atom. The molecule has 0 bridgehead atoms. The molecule has 2 rings (SSSR count). The van der Waals surface area contributed by atoms with Crippen molar-refractivity contribution in [3.05, 3.63) is 23.8 Å². The van der Waals surface area contributed by atoms with Crippen molar-refractivity contribution < 1.29 is 14.6 Å². The molecule has 0 spiro atoms. The fourth-order valence-electron chi connectivity index (χ4n) is 1.93. The van der Waals surface area contributed by atoms with E-state index < -0.39 is 0 Å². The molecule has 1 aliphatic rings. The van der Waals surface area contributed by atoms with Crippen LogP contribution in [-0.4, -0.2) is 25.4 Å². The largest absolute Gasteiger partial charge is 0.497 e. The molecule has 0 saturated heterocycles. The Morgan fingerprint density at radius 1 is 1.07 bits per heavy atom. The van der Waals surface area contributed by atoms with Crippen LogP contribution in [0.3, 0.4) is 0 Å². The smallest absolute Gasteiger partial charge is 0.122 e. The summed E-state index contributed by atoms with van der Waals surface area (Å²) in [5.41, 5.74) is 1.19. The highest BCUT2D eigenvalue weighted by molar-refractivity contribution is 5.40. The second-order valence-electron chi connectivity index (χ2n) is 3.97. The van der Waals surface area contributed by atoms with E-state index in [0.29, 0.717) is 5.92 Å². The molecule has 3 nitrogen and oxygen atoms in total. The van der Waals surface area contributed by atoms with Crippen LogP contribution in [0, 0.1) is 0 Å². The Morgan fingerprint density at radius 2 is 1.60 bits per heavy atom. The first-order valence-electron chi connectivity index (χ1n) is 5.14. The second kappa shape index (κ2) is 4.11. The van der Waals surface area contributed by atoms with Crippen molar-refractivity contribution in [1.29, 1.82) is 0 Å². The lowest BCUT2D eigenvalue weighted by Gasteiger charge is -2.32. The predicted molar refractivity (Wildman–Crippen MR) is 57.5 cm³/mol. The van der Waals surface area contributed by atoms with Crippen LogP contribution in [0.1, 0.15) is 24.3 Å². The van der Waals surface area contributed by atoms with E-state index in [4.69, 9.17) is 9.47 Å². The van der Waals surface area contributed by atoms with E-state index in [1.54, 1.807) is 14.2 Å². The molecule has 1 N–H and O–H groups in total. The van der Waals surface area contributed by atoms with Crippen molar-refractivity contribution >= 4 is 0 Å². The second-order valence-corrected chi connectivity index (χ2v) is 3.97. The highest BCUT2D eigenvalue weighted by Crippen LogP contribution is 2.39. The van der Waals surface area contributed by atoms with E-state index in [2.05, 4.69) is 0 Å². The number of rotatable bonds is 3. The molecule has 0 amide bonds. The number of aliphatic hydroxyl groups is 1. The van der Waals surface area contributed by atoms with Gasteiger partial charge in [-0.05, 0) is 36.5 Å². The molecule has 0 radical (unpaired) electrons. The third kappa shape index (κ3) is 2.07. The van der Waals surface area contributed by atoms with Gasteiger partial charge in [-0.3, -0.25) is 0 Å². The maximum Gasteiger partial charge on any atom is 0.122 e. The van der Waals surface area contributed by atoms with Crippen molar-refractivity contribution in [2.45, 2.75) is 24.9 Å². The van der Waals surface area contributed by atoms with E-state index in [1.807, 2.05) is 18.2 Å². The number of hydrogen-bond donors (Lipinski definition) is 1. The highest BCUT2D eigenvalue weighted by atomic mass is 16.5. The van der Waals surface area contributed by atoms with E-state index in [0.717, 1.165) is 24.3 Å². The molecule has 15 heavy (non-hydrogen) atoms. The lowest BCUT2D eigenvalue weighted by molar-refractivity contribution is 0.0745. The van der Waals surface area contributed by atoms with Crippen LogP contribution < -0.4 is 9.47 Å². The predicted octanol–water partition coefficient (Wildman–Crippen LogP) is 1.94. The average Bonchev–Trinajstić information content (AvgIpc) is 2.24. The number of benzene rings is 1. The fraction of sp³-hybridized carbons (Fsp3) is 0.500. The lowest BCUT2D eigenvalue weighted by atomic mass is 9.77. The van der Waals surface area contributed by atoms with E-state index >= 15 is 0 Å². The van der Waals surface area contributed by atoms with Crippen LogP contribution >= 0.6 is 0 Å². The molecule has 0 unspecified atom stereocenters. The molecule has 82 valence electrons. The van der Waals surface area contributed by atoms with Gasteiger partial charge in [-0.1, -0.05) is 0 Å². The minimum Gasteiger partial charge on any atom is -0.497 e. The first kappa shape index (κ1) is 10.3. The summed E-state index contributed by atoms with van der Waals surface area (Å²) in [4.78, 5) is 0. The van der Waals surface area contributed by atoms with Gasteiger partial charge < -0.3 is 14.6 Å². The maximum absolute atomic E-state index is 9.27. The summed E-state index contributed by atoms with van der Waals surface area (Å²) in [5.74, 6) is 2.07. The Bertz CT molecular complexity index is 320. The van der Waals surface area contributed by atoms with Gasteiger partial charge in [0.2, 0.25) is 0 Å². The number of ether oxygens (including phenoxy) is 2. The van der Waals surface area contributed by atoms with E-state index in [-0.39, 0.29) is 6.10 Å². The summed E-state index contributed by atoms with van der Waals surface area (Å²) in [6, 6.07) is 5.89. The zero-order valence-corrected chi connectivity index (χ0v) is 9.06. The molecule has 0 aromatic heterocycles. The first-order valence-corrected chi connectivity index (χ1v) is 5.14. The minimum absolute atomic E-state index is 0.132. The van der Waals surface area contributed by atoms with Gasteiger partial charge in [-0.2, -0.15) is 0 Å². The number of hydrogen-bond acceptors (Lipinski definition) is 3. The van der Waals surface area contributed by atoms with Crippen LogP contribution in [0.5, 0.6) is 11.5 Å². The summed E-state index contributed by atoms with van der Waals surface area (Å²) in [5, 5.41) is 9.27. The molecule has 0 atom stereocenters. The molecule has 3 heteroatoms. The summed E-state index contributed by atoms with van der Waals surface area (Å²) in [6.07, 6.45) is 1.55. The van der Waals surface area contributed by atoms with Crippen LogP contribution in [-0.2, 0) is 0 Å². The molecular weight excluding hydrogens is 192 g/mol. The van der Waals surface area contributed by atoms with E-state index in [9.17, 15) is 5.11 Å². The molecular formula is C12H16O3. The third-order valence-electron chi connectivity index (χ3n) is 2.96. The summed E-state index contributed by atoms with van der Waals surface area (Å²) >= 11 is 0. The normalized spacial score (nSPS) is 24.5. The quantitative estimate of drug-likeness (QED) is 0.825. The van der Waals surface area contributed by atoms with Crippen molar-refractivity contribution in [2.75, 3.05) is 14.2 Å². The Kier molecular flexibility index (Phi) is 2.82. The average molecular weight is 208 g/mol. The van der Waals surface area contributed by atoms with Crippen molar-refractivity contribution in [3.63, 3.8) is 0 Å². The Balaban J connectivity index is 2.22. The van der Waals surface area contributed by atoms with Crippen molar-refractivity contribution in [3.8, 4) is 11.5 Å². The van der Waals surface area contributed by atoms with Gasteiger partial charge in [-0.15, -0.1) is 0 Å². The van der Waals surface area contributed by atoms with Gasteiger partial charge in [0.25, 0.3) is 0 Å². The van der Waals surface area contributed by atoms with Gasteiger partial charge in [0.1, 0.15) is 11.5 Å². The number of methoxy groups -OCH3 is 2. The lowest BCUT2D eigenvalue weighted by Crippen LogP contribution is -2.26. The molecule has 1 aromatic rings. The zero-order chi connectivity index (χ0) is 10.8. The molecule has 1 aromatic carbocycles. The van der Waals surface area contributed by atoms with Crippen LogP contribution in [0.2, 0.25) is 0 Å². The van der Waals surface area contributed by atoms with Crippen LogP contribution in [0.15, 0.2) is 18.2 Å². The van der Waals surface area contributed by atoms with Gasteiger partial charge in [0, 0.05) is 6.07 Å². The molecule has 1 saturated carbocycles. The Labute approximate surface area is 89.6 Å². The SMILES string of the molecule is COc1cc(OC)cc(C2CC(O)C2)c1. The summed E-state index contributed by atoms with van der Waals surface area (Å²) in [7, 11) is 3.29. The van der Waals surface area contributed by atoms with Crippen LogP contribution in [0.4, 0.5) is 0 Å². The zero-order valence-electron chi connectivity index (χ0n) is 9.06. The van der Waals surface area contributed by atoms with Crippen LogP contribution in [0.25, 0.3) is 0 Å². The van der Waals surface area contributed by atoms with Gasteiger partial charge in [0.15, 0.2) is 0 Å². The first-order chi connectivity index (χ1) is 7.22. The highest BCUT2D eigenvalue weighted by Gasteiger charge is 2.29. The molecule has 0 aliphatic heterocycles. The molecule has 1 fully saturated rings. The van der Waals surface area contributed by atoms with Crippen molar-refractivity contribution in [2.24, 2.45) is 0 Å². The summed E-state index contributed by atoms with van der Waals surface area (Å²) in [6.45, 7) is 0. The fourth-order valence-corrected chi connectivity index (χ4v) is 1.93. The van der Waals surface area contributed by atoms with Gasteiger partial charge in [-0.25, -0.2) is 0 Å². The Hall–Kier alpha value is -1.22. The molecule has 1 aliphatic carbocycles. The summed E-state index contributed by atoms with van der Waals surface area (Å²) < 4.78 is 10.4. The minimum atomic E-state index is -0.132. The van der Waals surface area contributed by atoms with E-state index in [1.165, 1.54) is 5.56 Å². The number of aliphatic hydroxyl groups excluding tert-OH is 1. The van der Waals surface area contributed by atoms with Gasteiger partial charge in [0.05, 0.1) is 20.3 Å². The monoisotopic (exact) mass is 208 g/mol. The van der Waals surface area contributed by atoms with Gasteiger partial charge >= 0.3 is 0 Å².